The van der Waals surface area contributed by atoms with Crippen molar-refractivity contribution in [3.05, 3.63) is 16.5 Å². The first-order valence-corrected chi connectivity index (χ1v) is 5.70. The number of anilines is 1. The van der Waals surface area contributed by atoms with Gasteiger partial charge in [0.05, 0.1) is 0 Å². The van der Waals surface area contributed by atoms with E-state index in [2.05, 4.69) is 31.2 Å². The van der Waals surface area contributed by atoms with E-state index >= 15 is 0 Å². The zero-order valence-corrected chi connectivity index (χ0v) is 10.7. The molecule has 15 heavy (non-hydrogen) atoms. The number of halogens is 1. The predicted octanol–water partition coefficient (Wildman–Crippen LogP) is 1.98. The maximum atomic E-state index is 9.01. The molecule has 0 aromatic carbocycles. The third-order valence-corrected chi connectivity index (χ3v) is 2.73. The van der Waals surface area contributed by atoms with E-state index in [1.165, 1.54) is 0 Å². The fraction of sp³-hybridized carbons (Fsp3) is 0.600. The third kappa shape index (κ3) is 3.76. The number of rotatable bonds is 4. The van der Waals surface area contributed by atoms with Gasteiger partial charge in [0.15, 0.2) is 0 Å². The summed E-state index contributed by atoms with van der Waals surface area (Å²) >= 11 is 3.32. The highest BCUT2D eigenvalue weighted by Crippen LogP contribution is 2.14. The van der Waals surface area contributed by atoms with Crippen LogP contribution in [0.5, 0.6) is 0 Å². The summed E-state index contributed by atoms with van der Waals surface area (Å²) in [6.07, 6.45) is 0. The Balaban J connectivity index is 2.72. The Morgan fingerprint density at radius 2 is 2.13 bits per heavy atom. The van der Waals surface area contributed by atoms with E-state index in [1.807, 2.05) is 26.8 Å². The van der Waals surface area contributed by atoms with E-state index < -0.39 is 0 Å². The Bertz CT molecular complexity index is 312. The second-order valence-electron chi connectivity index (χ2n) is 3.72. The average molecular weight is 274 g/mol. The smallest absolute Gasteiger partial charge is 0.131 e. The Morgan fingerprint density at radius 3 is 2.67 bits per heavy atom. The molecule has 5 heteroatoms. The lowest BCUT2D eigenvalue weighted by Gasteiger charge is -2.19. The molecule has 1 aromatic heterocycles. The summed E-state index contributed by atoms with van der Waals surface area (Å²) in [5, 5.41) is 12.2. The minimum Gasteiger partial charge on any atom is -0.396 e. The highest BCUT2D eigenvalue weighted by Gasteiger charge is 2.11. The van der Waals surface area contributed by atoms with Crippen LogP contribution in [0.15, 0.2) is 10.7 Å². The van der Waals surface area contributed by atoms with Gasteiger partial charge in [-0.1, -0.05) is 6.92 Å². The molecule has 0 spiro atoms. The number of hydrogen-bond acceptors (Lipinski definition) is 4. The molecule has 0 bridgehead atoms. The van der Waals surface area contributed by atoms with E-state index in [0.717, 1.165) is 16.2 Å². The summed E-state index contributed by atoms with van der Waals surface area (Å²) in [5.41, 5.74) is 0. The molecule has 0 saturated carbocycles. The second-order valence-corrected chi connectivity index (χ2v) is 4.53. The van der Waals surface area contributed by atoms with Gasteiger partial charge in [-0.3, -0.25) is 0 Å². The van der Waals surface area contributed by atoms with Gasteiger partial charge in [-0.25, -0.2) is 9.97 Å². The van der Waals surface area contributed by atoms with Gasteiger partial charge in [0.25, 0.3) is 0 Å². The normalized spacial score (nSPS) is 14.7. The fourth-order valence-corrected chi connectivity index (χ4v) is 1.61. The average Bonchev–Trinajstić information content (AvgIpc) is 2.14. The first-order valence-electron chi connectivity index (χ1n) is 4.91. The van der Waals surface area contributed by atoms with Crippen LogP contribution >= 0.6 is 15.9 Å². The highest BCUT2D eigenvalue weighted by atomic mass is 79.9. The van der Waals surface area contributed by atoms with Gasteiger partial charge >= 0.3 is 0 Å². The number of aryl methyl sites for hydroxylation is 1. The van der Waals surface area contributed by atoms with Crippen LogP contribution < -0.4 is 5.32 Å². The molecule has 0 saturated heterocycles. The first-order chi connectivity index (χ1) is 7.02. The molecule has 0 aliphatic rings. The zero-order chi connectivity index (χ0) is 11.4. The van der Waals surface area contributed by atoms with E-state index in [0.29, 0.717) is 0 Å². The Morgan fingerprint density at radius 1 is 1.47 bits per heavy atom. The molecule has 2 unspecified atom stereocenters. The SMILES string of the molecule is Cc1nc(Br)cc(NC(C)C(C)CO)n1. The molecule has 2 N–H and O–H groups in total. The quantitative estimate of drug-likeness (QED) is 0.824. The molecule has 1 rings (SSSR count). The molecule has 4 nitrogen and oxygen atoms in total. The van der Waals surface area contributed by atoms with Crippen molar-refractivity contribution >= 4 is 21.7 Å². The lowest BCUT2D eigenvalue weighted by molar-refractivity contribution is 0.226. The number of aliphatic hydroxyl groups excluding tert-OH is 1. The second kappa shape index (κ2) is 5.42. The molecule has 2 atom stereocenters. The number of hydrogen-bond donors (Lipinski definition) is 2. The molecule has 0 fully saturated rings. The van der Waals surface area contributed by atoms with Gasteiger partial charge in [0.2, 0.25) is 0 Å². The first kappa shape index (κ1) is 12.4. The largest absolute Gasteiger partial charge is 0.396 e. The van der Waals surface area contributed by atoms with Crippen molar-refractivity contribution in [3.63, 3.8) is 0 Å². The van der Waals surface area contributed by atoms with Gasteiger partial charge in [-0.15, -0.1) is 0 Å². The third-order valence-electron chi connectivity index (χ3n) is 2.32. The van der Waals surface area contributed by atoms with Gasteiger partial charge in [0, 0.05) is 18.7 Å². The van der Waals surface area contributed by atoms with Crippen LogP contribution in [0.2, 0.25) is 0 Å². The van der Waals surface area contributed by atoms with Crippen LogP contribution in [0.1, 0.15) is 19.7 Å². The number of nitrogens with one attached hydrogen (secondary N) is 1. The molecule has 1 heterocycles. The van der Waals surface area contributed by atoms with Crippen LogP contribution in [0.4, 0.5) is 5.82 Å². The summed E-state index contributed by atoms with van der Waals surface area (Å²) in [4.78, 5) is 8.38. The van der Waals surface area contributed by atoms with Crippen LogP contribution in [-0.4, -0.2) is 27.7 Å². The topological polar surface area (TPSA) is 58.0 Å². The molecule has 0 radical (unpaired) electrons. The highest BCUT2D eigenvalue weighted by molar-refractivity contribution is 9.10. The summed E-state index contributed by atoms with van der Waals surface area (Å²) in [6.45, 7) is 6.02. The minimum atomic E-state index is 0.166. The van der Waals surface area contributed by atoms with Crippen molar-refractivity contribution in [3.8, 4) is 0 Å². The van der Waals surface area contributed by atoms with Crippen molar-refractivity contribution in [2.75, 3.05) is 11.9 Å². The summed E-state index contributed by atoms with van der Waals surface area (Å²) in [5.74, 6) is 1.69. The van der Waals surface area contributed by atoms with Gasteiger partial charge < -0.3 is 10.4 Å². The summed E-state index contributed by atoms with van der Waals surface area (Å²) < 4.78 is 0.765. The fourth-order valence-electron chi connectivity index (χ4n) is 1.14. The summed E-state index contributed by atoms with van der Waals surface area (Å²) in [6, 6.07) is 2.00. The molecular formula is C10H16BrN3O. The standard InChI is InChI=1S/C10H16BrN3O/c1-6(5-15)7(2)12-10-4-9(11)13-8(3)14-10/h4,6-7,15H,5H2,1-3H3,(H,12,13,14). The molecule has 0 aliphatic heterocycles. The maximum Gasteiger partial charge on any atom is 0.131 e. The molecule has 0 aliphatic carbocycles. The maximum absolute atomic E-state index is 9.01. The van der Waals surface area contributed by atoms with Gasteiger partial charge in [-0.2, -0.15) is 0 Å². The van der Waals surface area contributed by atoms with E-state index in [-0.39, 0.29) is 18.6 Å². The Kier molecular flexibility index (Phi) is 4.47. The zero-order valence-electron chi connectivity index (χ0n) is 9.16. The van der Waals surface area contributed by atoms with Crippen molar-refractivity contribution < 1.29 is 5.11 Å². The minimum absolute atomic E-state index is 0.166. The van der Waals surface area contributed by atoms with E-state index in [9.17, 15) is 0 Å². The lowest BCUT2D eigenvalue weighted by atomic mass is 10.1. The number of nitrogens with zero attached hydrogens (tertiary/aromatic N) is 2. The van der Waals surface area contributed by atoms with E-state index in [4.69, 9.17) is 5.11 Å². The van der Waals surface area contributed by atoms with Crippen molar-refractivity contribution in [2.45, 2.75) is 26.8 Å². The Labute approximate surface area is 98.3 Å². The predicted molar refractivity (Wildman–Crippen MR) is 63.8 cm³/mol. The van der Waals surface area contributed by atoms with Crippen LogP contribution in [0.25, 0.3) is 0 Å². The van der Waals surface area contributed by atoms with Gasteiger partial charge in [0.1, 0.15) is 16.2 Å². The summed E-state index contributed by atoms with van der Waals surface area (Å²) in [7, 11) is 0. The van der Waals surface area contributed by atoms with Crippen LogP contribution in [0.3, 0.4) is 0 Å². The van der Waals surface area contributed by atoms with Crippen molar-refractivity contribution in [2.24, 2.45) is 5.92 Å². The van der Waals surface area contributed by atoms with Crippen LogP contribution in [-0.2, 0) is 0 Å². The lowest BCUT2D eigenvalue weighted by Crippen LogP contribution is -2.26. The Hall–Kier alpha value is -0.680. The number of aliphatic hydroxyl groups is 1. The van der Waals surface area contributed by atoms with Crippen molar-refractivity contribution in [1.82, 2.24) is 9.97 Å². The molecule has 84 valence electrons. The monoisotopic (exact) mass is 273 g/mol. The molecule has 0 amide bonds. The van der Waals surface area contributed by atoms with Gasteiger partial charge in [-0.05, 0) is 35.7 Å². The molecule has 1 aromatic rings. The number of aromatic nitrogens is 2. The van der Waals surface area contributed by atoms with Crippen molar-refractivity contribution in [1.29, 1.82) is 0 Å². The van der Waals surface area contributed by atoms with E-state index in [1.54, 1.807) is 0 Å². The molecular weight excluding hydrogens is 258 g/mol. The van der Waals surface area contributed by atoms with Crippen LogP contribution in [0, 0.1) is 12.8 Å².